The van der Waals surface area contributed by atoms with Crippen LogP contribution in [0.3, 0.4) is 0 Å². The highest BCUT2D eigenvalue weighted by Crippen LogP contribution is 2.23. The lowest BCUT2D eigenvalue weighted by Gasteiger charge is -2.09. The Bertz CT molecular complexity index is 555. The molecule has 1 aromatic heterocycles. The zero-order valence-electron chi connectivity index (χ0n) is 9.84. The second kappa shape index (κ2) is 5.18. The number of amides is 2. The zero-order chi connectivity index (χ0) is 13.0. The number of carbonyl (C=O) groups is 1. The molecule has 2 amide bonds. The number of aryl methyl sites for hydroxylation is 1. The van der Waals surface area contributed by atoms with E-state index in [9.17, 15) is 9.90 Å². The second-order valence-corrected chi connectivity index (χ2v) is 3.81. The van der Waals surface area contributed by atoms with Crippen LogP contribution in [0, 0.1) is 6.92 Å². The number of phenols is 1. The van der Waals surface area contributed by atoms with E-state index in [0.717, 1.165) is 5.56 Å². The van der Waals surface area contributed by atoms with Crippen LogP contribution in [0.2, 0.25) is 0 Å². The van der Waals surface area contributed by atoms with E-state index in [4.69, 9.17) is 0 Å². The molecule has 0 saturated heterocycles. The van der Waals surface area contributed by atoms with Crippen LogP contribution < -0.4 is 10.6 Å². The second-order valence-electron chi connectivity index (χ2n) is 3.81. The summed E-state index contributed by atoms with van der Waals surface area (Å²) in [5.41, 5.74) is 1.31. The van der Waals surface area contributed by atoms with Crippen LogP contribution in [0.5, 0.6) is 5.75 Å². The van der Waals surface area contributed by atoms with Crippen LogP contribution in [0.1, 0.15) is 5.56 Å². The first-order valence-electron chi connectivity index (χ1n) is 5.44. The molecule has 0 fully saturated rings. The predicted octanol–water partition coefficient (Wildman–Crippen LogP) is 2.74. The van der Waals surface area contributed by atoms with Gasteiger partial charge >= 0.3 is 6.03 Å². The molecule has 2 rings (SSSR count). The van der Waals surface area contributed by atoms with Crippen molar-refractivity contribution in [1.29, 1.82) is 0 Å². The maximum absolute atomic E-state index is 11.7. The SMILES string of the molecule is Cc1ccc(O)c(NC(=O)Nc2ccccn2)c1. The van der Waals surface area contributed by atoms with Gasteiger partial charge in [-0.3, -0.25) is 5.32 Å². The van der Waals surface area contributed by atoms with Crippen LogP contribution in [0.15, 0.2) is 42.6 Å². The van der Waals surface area contributed by atoms with Crippen molar-refractivity contribution in [2.24, 2.45) is 0 Å². The molecule has 5 heteroatoms. The number of hydrogen-bond acceptors (Lipinski definition) is 3. The fraction of sp³-hybridized carbons (Fsp3) is 0.0769. The Morgan fingerprint density at radius 3 is 2.78 bits per heavy atom. The number of carbonyl (C=O) groups excluding carboxylic acids is 1. The highest BCUT2D eigenvalue weighted by Gasteiger charge is 2.06. The first kappa shape index (κ1) is 11.9. The zero-order valence-corrected chi connectivity index (χ0v) is 9.84. The number of aromatic hydroxyl groups is 1. The largest absolute Gasteiger partial charge is 0.506 e. The molecule has 0 bridgehead atoms. The molecule has 0 radical (unpaired) electrons. The molecule has 0 aliphatic carbocycles. The third-order valence-electron chi connectivity index (χ3n) is 2.31. The summed E-state index contributed by atoms with van der Waals surface area (Å²) in [4.78, 5) is 15.6. The number of urea groups is 1. The van der Waals surface area contributed by atoms with E-state index in [1.165, 1.54) is 6.07 Å². The van der Waals surface area contributed by atoms with Gasteiger partial charge in [0.05, 0.1) is 5.69 Å². The average molecular weight is 243 g/mol. The molecule has 0 unspecified atom stereocenters. The van der Waals surface area contributed by atoms with Crippen molar-refractivity contribution in [2.75, 3.05) is 10.6 Å². The van der Waals surface area contributed by atoms with E-state index in [0.29, 0.717) is 11.5 Å². The number of rotatable bonds is 2. The molecular formula is C13H13N3O2. The molecule has 2 aromatic rings. The number of anilines is 2. The molecule has 0 aliphatic heterocycles. The normalized spacial score (nSPS) is 9.83. The highest BCUT2D eigenvalue weighted by molar-refractivity contribution is 6.00. The van der Waals surface area contributed by atoms with E-state index < -0.39 is 6.03 Å². The summed E-state index contributed by atoms with van der Waals surface area (Å²) in [5, 5.41) is 14.7. The summed E-state index contributed by atoms with van der Waals surface area (Å²) in [6, 6.07) is 9.74. The van der Waals surface area contributed by atoms with E-state index in [1.54, 1.807) is 36.5 Å². The summed E-state index contributed by atoms with van der Waals surface area (Å²) < 4.78 is 0. The van der Waals surface area contributed by atoms with E-state index in [2.05, 4.69) is 15.6 Å². The Balaban J connectivity index is 2.05. The number of nitrogens with one attached hydrogen (secondary N) is 2. The van der Waals surface area contributed by atoms with Gasteiger partial charge in [-0.1, -0.05) is 12.1 Å². The van der Waals surface area contributed by atoms with Crippen molar-refractivity contribution in [1.82, 2.24) is 4.98 Å². The number of phenolic OH excluding ortho intramolecular Hbond substituents is 1. The molecule has 0 atom stereocenters. The smallest absolute Gasteiger partial charge is 0.324 e. The Labute approximate surface area is 104 Å². The first-order valence-corrected chi connectivity index (χ1v) is 5.44. The first-order chi connectivity index (χ1) is 8.65. The van der Waals surface area contributed by atoms with Crippen molar-refractivity contribution in [3.05, 3.63) is 48.2 Å². The van der Waals surface area contributed by atoms with Crippen molar-refractivity contribution in [2.45, 2.75) is 6.92 Å². The van der Waals surface area contributed by atoms with Gasteiger partial charge in [0.2, 0.25) is 0 Å². The Morgan fingerprint density at radius 1 is 1.22 bits per heavy atom. The molecule has 0 saturated carbocycles. The number of aromatic nitrogens is 1. The number of hydrogen-bond donors (Lipinski definition) is 3. The van der Waals surface area contributed by atoms with Gasteiger partial charge < -0.3 is 10.4 Å². The monoisotopic (exact) mass is 243 g/mol. The van der Waals surface area contributed by atoms with Gasteiger partial charge in [-0.2, -0.15) is 0 Å². The summed E-state index contributed by atoms with van der Waals surface area (Å²) >= 11 is 0. The fourth-order valence-corrected chi connectivity index (χ4v) is 1.46. The van der Waals surface area contributed by atoms with E-state index >= 15 is 0 Å². The van der Waals surface area contributed by atoms with Crippen LogP contribution in [0.25, 0.3) is 0 Å². The number of pyridine rings is 1. The lowest BCUT2D eigenvalue weighted by molar-refractivity contribution is 0.262. The summed E-state index contributed by atoms with van der Waals surface area (Å²) in [6.07, 6.45) is 1.58. The minimum absolute atomic E-state index is 0.0248. The van der Waals surface area contributed by atoms with Gasteiger partial charge in [0.15, 0.2) is 0 Å². The quantitative estimate of drug-likeness (QED) is 0.710. The van der Waals surface area contributed by atoms with Gasteiger partial charge in [0.1, 0.15) is 11.6 Å². The van der Waals surface area contributed by atoms with Crippen molar-refractivity contribution in [3.8, 4) is 5.75 Å². The summed E-state index contributed by atoms with van der Waals surface area (Å²) in [7, 11) is 0. The molecule has 0 aliphatic rings. The van der Waals surface area contributed by atoms with Crippen molar-refractivity contribution in [3.63, 3.8) is 0 Å². The highest BCUT2D eigenvalue weighted by atomic mass is 16.3. The Hall–Kier alpha value is -2.56. The Kier molecular flexibility index (Phi) is 3.43. The Morgan fingerprint density at radius 2 is 2.06 bits per heavy atom. The third-order valence-corrected chi connectivity index (χ3v) is 2.31. The average Bonchev–Trinajstić information content (AvgIpc) is 2.35. The van der Waals surface area contributed by atoms with Gasteiger partial charge in [0, 0.05) is 6.20 Å². The van der Waals surface area contributed by atoms with Gasteiger partial charge in [-0.05, 0) is 36.8 Å². The standard InChI is InChI=1S/C13H13N3O2/c1-9-5-6-11(17)10(8-9)15-13(18)16-12-4-2-3-7-14-12/h2-8,17H,1H3,(H2,14,15,16,18). The van der Waals surface area contributed by atoms with Crippen LogP contribution >= 0.6 is 0 Å². The van der Waals surface area contributed by atoms with Gasteiger partial charge in [-0.25, -0.2) is 9.78 Å². The molecule has 92 valence electrons. The topological polar surface area (TPSA) is 74.2 Å². The molecule has 1 aromatic carbocycles. The van der Waals surface area contributed by atoms with Crippen molar-refractivity contribution < 1.29 is 9.90 Å². The molecule has 0 spiro atoms. The van der Waals surface area contributed by atoms with Crippen LogP contribution in [-0.4, -0.2) is 16.1 Å². The molecule has 5 nitrogen and oxygen atoms in total. The van der Waals surface area contributed by atoms with Crippen LogP contribution in [0.4, 0.5) is 16.3 Å². The predicted molar refractivity (Wildman–Crippen MR) is 69.7 cm³/mol. The van der Waals surface area contributed by atoms with Crippen LogP contribution in [-0.2, 0) is 0 Å². The summed E-state index contributed by atoms with van der Waals surface area (Å²) in [5.74, 6) is 0.471. The van der Waals surface area contributed by atoms with E-state index in [1.807, 2.05) is 6.92 Å². The molecule has 3 N–H and O–H groups in total. The number of nitrogens with zero attached hydrogens (tertiary/aromatic N) is 1. The molecule has 18 heavy (non-hydrogen) atoms. The van der Waals surface area contributed by atoms with Gasteiger partial charge in [0.25, 0.3) is 0 Å². The molecular weight excluding hydrogens is 230 g/mol. The van der Waals surface area contributed by atoms with Gasteiger partial charge in [-0.15, -0.1) is 0 Å². The third kappa shape index (κ3) is 2.98. The van der Waals surface area contributed by atoms with Crippen molar-refractivity contribution >= 4 is 17.5 Å². The lowest BCUT2D eigenvalue weighted by Crippen LogP contribution is -2.20. The summed E-state index contributed by atoms with van der Waals surface area (Å²) in [6.45, 7) is 1.88. The maximum Gasteiger partial charge on any atom is 0.324 e. The maximum atomic E-state index is 11.7. The minimum Gasteiger partial charge on any atom is -0.506 e. The molecule has 1 heterocycles. The fourth-order valence-electron chi connectivity index (χ4n) is 1.46. The lowest BCUT2D eigenvalue weighted by atomic mass is 10.2. The van der Waals surface area contributed by atoms with E-state index in [-0.39, 0.29) is 5.75 Å². The number of benzene rings is 1. The minimum atomic E-state index is -0.449.